The topological polar surface area (TPSA) is 89.5 Å². The number of hydrogen-bond acceptors (Lipinski definition) is 8. The second-order valence-electron chi connectivity index (χ2n) is 4.85. The van der Waals surface area contributed by atoms with E-state index in [-0.39, 0.29) is 0 Å². The predicted octanol–water partition coefficient (Wildman–Crippen LogP) is 1.43. The van der Waals surface area contributed by atoms with Crippen molar-refractivity contribution < 1.29 is 37.8 Å². The predicted molar refractivity (Wildman–Crippen MR) is 86.0 cm³/mol. The Balaban J connectivity index is 3.85. The van der Waals surface area contributed by atoms with Crippen molar-refractivity contribution in [2.75, 3.05) is 42.7 Å². The lowest BCUT2D eigenvalue weighted by Crippen LogP contribution is -2.76. The Morgan fingerprint density at radius 2 is 1.58 bits per heavy atom. The highest BCUT2D eigenvalue weighted by Gasteiger charge is 2.81. The van der Waals surface area contributed by atoms with Gasteiger partial charge < -0.3 is 28.4 Å². The van der Waals surface area contributed by atoms with E-state index in [1.807, 2.05) is 0 Å². The molecule has 0 aliphatic heterocycles. The Morgan fingerprint density at radius 1 is 1.04 bits per heavy atom. The zero-order valence-corrected chi connectivity index (χ0v) is 15.6. The van der Waals surface area contributed by atoms with Crippen molar-refractivity contribution >= 4 is 13.3 Å². The minimum Gasteiger partial charge on any atom is -0.371 e. The van der Waals surface area contributed by atoms with Gasteiger partial charge in [-0.25, -0.2) is 4.79 Å². The smallest absolute Gasteiger partial charge is 0.371 e. The van der Waals surface area contributed by atoms with E-state index in [1.165, 1.54) is 54.8 Å². The number of ether oxygens (including phenoxy) is 6. The van der Waals surface area contributed by atoms with Crippen molar-refractivity contribution in [3.63, 3.8) is 0 Å². The zero-order valence-electron chi connectivity index (χ0n) is 14.7. The minimum atomic E-state index is -2.72. The number of methoxy groups -OCH3 is 6. The van der Waals surface area contributed by atoms with Gasteiger partial charge in [0.1, 0.15) is 6.10 Å². The average Bonchev–Trinajstić information content (AvgIpc) is 2.64. The molecule has 0 aromatic heterocycles. The molecule has 0 aromatic carbocycles. The Kier molecular flexibility index (Phi) is 6.95. The highest BCUT2D eigenvalue weighted by atomic mass is 31.1. The summed E-state index contributed by atoms with van der Waals surface area (Å²) in [5.74, 6) is -3.62. The molecule has 0 amide bonds. The van der Waals surface area contributed by atoms with E-state index in [1.54, 1.807) is 0 Å². The summed E-state index contributed by atoms with van der Waals surface area (Å²) in [6, 6.07) is 0. The molecule has 0 radical (unpaired) electrons. The van der Waals surface area contributed by atoms with Crippen LogP contribution < -0.4 is 0 Å². The molecule has 0 heterocycles. The zero-order chi connectivity index (χ0) is 18.6. The number of allylic oxidation sites excluding steroid dienone is 1. The third-order valence-corrected chi connectivity index (χ3v) is 6.04. The van der Waals surface area contributed by atoms with E-state index in [9.17, 15) is 9.36 Å². The van der Waals surface area contributed by atoms with Gasteiger partial charge in [0.05, 0.1) is 0 Å². The number of rotatable bonds is 9. The fourth-order valence-electron chi connectivity index (χ4n) is 3.10. The van der Waals surface area contributed by atoms with E-state index in [0.717, 1.165) is 6.08 Å². The van der Waals surface area contributed by atoms with Crippen LogP contribution in [0.15, 0.2) is 24.8 Å². The van der Waals surface area contributed by atoms with Gasteiger partial charge in [0.15, 0.2) is 0 Å². The van der Waals surface area contributed by atoms with Crippen LogP contribution in [-0.4, -0.2) is 71.2 Å². The van der Waals surface area contributed by atoms with Crippen molar-refractivity contribution in [1.82, 2.24) is 0 Å². The molecule has 3 unspecified atom stereocenters. The Hall–Kier alpha value is -0.990. The molecule has 136 valence electrons. The van der Waals surface area contributed by atoms with E-state index in [0.29, 0.717) is 0 Å². The number of carbonyl (C=O) groups is 1. The summed E-state index contributed by atoms with van der Waals surface area (Å²) in [5.41, 5.74) is -0.730. The maximum Gasteiger partial charge on any atom is 0.464 e. The van der Waals surface area contributed by atoms with Gasteiger partial charge in [0.2, 0.25) is 0 Å². The lowest BCUT2D eigenvalue weighted by molar-refractivity contribution is -0.435. The quantitative estimate of drug-likeness (QED) is 0.263. The molecular formula is C15H24O8P+. The van der Waals surface area contributed by atoms with Crippen LogP contribution in [0, 0.1) is 0 Å². The molecule has 1 rings (SSSR count). The highest BCUT2D eigenvalue weighted by Crippen LogP contribution is 2.58. The van der Waals surface area contributed by atoms with Crippen LogP contribution in [0.4, 0.5) is 0 Å². The average molecular weight is 363 g/mol. The summed E-state index contributed by atoms with van der Waals surface area (Å²) < 4.78 is 46.2. The normalized spacial score (nSPS) is 28.4. The van der Waals surface area contributed by atoms with Crippen LogP contribution in [-0.2, 0) is 37.8 Å². The monoisotopic (exact) mass is 363 g/mol. The summed E-state index contributed by atoms with van der Waals surface area (Å²) in [6.45, 7) is 3.37. The fraction of sp³-hybridized carbons (Fsp3) is 0.667. The standard InChI is InChI=1S/C15H24O8P/c1-8-12(16)24(17)13(19-3)10-9-11(18-2)14(20-4,21-5)15(13,22-6)23-7/h8-11H,1H2,2-7H3/q+1. The van der Waals surface area contributed by atoms with E-state index in [4.69, 9.17) is 28.4 Å². The van der Waals surface area contributed by atoms with Gasteiger partial charge in [-0.1, -0.05) is 11.1 Å². The first kappa shape index (κ1) is 21.1. The van der Waals surface area contributed by atoms with Crippen LogP contribution in [0.5, 0.6) is 0 Å². The van der Waals surface area contributed by atoms with Gasteiger partial charge in [0.25, 0.3) is 5.79 Å². The van der Waals surface area contributed by atoms with Crippen molar-refractivity contribution in [3.05, 3.63) is 24.8 Å². The largest absolute Gasteiger partial charge is 0.464 e. The summed E-state index contributed by atoms with van der Waals surface area (Å²) >= 11 is 0. The first-order chi connectivity index (χ1) is 11.4. The third-order valence-electron chi connectivity index (χ3n) is 4.22. The van der Waals surface area contributed by atoms with Gasteiger partial charge in [-0.15, -0.1) is 0 Å². The van der Waals surface area contributed by atoms with Crippen LogP contribution >= 0.6 is 7.80 Å². The van der Waals surface area contributed by atoms with Crippen molar-refractivity contribution in [3.8, 4) is 0 Å². The molecule has 3 atom stereocenters. The van der Waals surface area contributed by atoms with Crippen LogP contribution in [0.1, 0.15) is 0 Å². The lowest BCUT2D eigenvalue weighted by atomic mass is 9.86. The molecule has 0 aromatic rings. The summed E-state index contributed by atoms with van der Waals surface area (Å²) in [6.07, 6.45) is 3.09. The number of carbonyl (C=O) groups excluding carboxylic acids is 1. The Morgan fingerprint density at radius 3 is 1.92 bits per heavy atom. The van der Waals surface area contributed by atoms with Gasteiger partial charge >= 0.3 is 24.5 Å². The van der Waals surface area contributed by atoms with Crippen LogP contribution in [0.3, 0.4) is 0 Å². The second kappa shape index (κ2) is 7.93. The molecule has 9 heteroatoms. The maximum absolute atomic E-state index is 13.0. The number of hydrogen-bond donors (Lipinski definition) is 0. The van der Waals surface area contributed by atoms with E-state index in [2.05, 4.69) is 6.58 Å². The van der Waals surface area contributed by atoms with Crippen LogP contribution in [0.25, 0.3) is 0 Å². The van der Waals surface area contributed by atoms with Gasteiger partial charge in [0, 0.05) is 54.8 Å². The van der Waals surface area contributed by atoms with E-state index < -0.39 is 36.3 Å². The highest BCUT2D eigenvalue weighted by molar-refractivity contribution is 7.65. The van der Waals surface area contributed by atoms with Gasteiger partial charge in [-0.05, 0) is 6.08 Å². The van der Waals surface area contributed by atoms with Crippen molar-refractivity contribution in [2.45, 2.75) is 23.0 Å². The molecule has 0 N–H and O–H groups in total. The summed E-state index contributed by atoms with van der Waals surface area (Å²) in [5, 5.41) is -1.84. The van der Waals surface area contributed by atoms with Gasteiger partial charge in [-0.2, -0.15) is 0 Å². The van der Waals surface area contributed by atoms with Crippen LogP contribution in [0.2, 0.25) is 0 Å². The summed E-state index contributed by atoms with van der Waals surface area (Å²) in [7, 11) is 5.31. The Bertz CT molecular complexity index is 524. The molecule has 0 bridgehead atoms. The SMILES string of the molecule is C=CC(=O)[P+](=O)C1(OC)C=CC(OC)C(OC)(OC)C1(OC)OC. The van der Waals surface area contributed by atoms with Crippen molar-refractivity contribution in [2.24, 2.45) is 0 Å². The first-order valence-corrected chi connectivity index (χ1v) is 8.24. The molecule has 1 aliphatic carbocycles. The second-order valence-corrected chi connectivity index (χ2v) is 6.55. The lowest BCUT2D eigenvalue weighted by Gasteiger charge is -2.53. The molecule has 0 fully saturated rings. The third kappa shape index (κ3) is 2.50. The maximum atomic E-state index is 13.0. The molecule has 8 nitrogen and oxygen atoms in total. The van der Waals surface area contributed by atoms with Gasteiger partial charge in [-0.3, -0.25) is 0 Å². The summed E-state index contributed by atoms with van der Waals surface area (Å²) in [4.78, 5) is 12.1. The molecule has 0 saturated carbocycles. The first-order valence-electron chi connectivity index (χ1n) is 6.98. The Labute approximate surface area is 142 Å². The van der Waals surface area contributed by atoms with E-state index >= 15 is 0 Å². The molecule has 1 aliphatic rings. The van der Waals surface area contributed by atoms with Crippen molar-refractivity contribution in [1.29, 1.82) is 0 Å². The molecular weight excluding hydrogens is 339 g/mol. The molecule has 0 saturated heterocycles. The minimum absolute atomic E-state index is 0.730. The fourth-order valence-corrected chi connectivity index (χ4v) is 4.59. The molecule has 0 spiro atoms. The molecule has 24 heavy (non-hydrogen) atoms.